The first-order chi connectivity index (χ1) is 8.61. The number of carbonyl (C=O) groups is 2. The Morgan fingerprint density at radius 3 is 2.72 bits per heavy atom. The maximum absolute atomic E-state index is 11.6. The Labute approximate surface area is 108 Å². The molecule has 0 spiro atoms. The maximum atomic E-state index is 11.6. The van der Waals surface area contributed by atoms with Crippen molar-refractivity contribution in [2.24, 2.45) is 9.98 Å². The van der Waals surface area contributed by atoms with E-state index in [9.17, 15) is 9.59 Å². The van der Waals surface area contributed by atoms with Crippen LogP contribution in [0.1, 0.15) is 32.6 Å². The molecule has 0 atom stereocenters. The van der Waals surface area contributed by atoms with Gasteiger partial charge in [-0.3, -0.25) is 9.79 Å². The molecule has 0 bridgehead atoms. The Balaban J connectivity index is 3.93. The van der Waals surface area contributed by atoms with E-state index < -0.39 is 0 Å². The largest absolute Gasteiger partial charge is 0.345 e. The van der Waals surface area contributed by atoms with Crippen molar-refractivity contribution in [3.05, 3.63) is 11.8 Å². The fraction of sp³-hybridized carbons (Fsp3) is 0.538. The summed E-state index contributed by atoms with van der Waals surface area (Å²) in [7, 11) is 1.77. The van der Waals surface area contributed by atoms with Gasteiger partial charge in [0.15, 0.2) is 0 Å². The molecule has 0 fully saturated rings. The Hall–Kier alpha value is -1.78. The highest BCUT2D eigenvalue weighted by Gasteiger charge is 2.07. The second-order valence-corrected chi connectivity index (χ2v) is 4.05. The number of rotatable bonds is 9. The number of carbonyl (C=O) groups excluding carboxylic acids is 2. The summed E-state index contributed by atoms with van der Waals surface area (Å²) in [5, 5.41) is 0. The van der Waals surface area contributed by atoms with Gasteiger partial charge in [-0.15, -0.1) is 0 Å². The normalized spacial score (nSPS) is 11.6. The molecule has 0 aliphatic carbocycles. The van der Waals surface area contributed by atoms with Gasteiger partial charge >= 0.3 is 0 Å². The summed E-state index contributed by atoms with van der Waals surface area (Å²) < 4.78 is 0. The first-order valence-electron chi connectivity index (χ1n) is 5.92. The zero-order valence-corrected chi connectivity index (χ0v) is 11.1. The summed E-state index contributed by atoms with van der Waals surface area (Å²) >= 11 is 0. The first-order valence-corrected chi connectivity index (χ1v) is 5.92. The zero-order chi connectivity index (χ0) is 13.8. The van der Waals surface area contributed by atoms with Gasteiger partial charge in [0.05, 0.1) is 0 Å². The average molecular weight is 251 g/mol. The molecule has 0 unspecified atom stereocenters. The van der Waals surface area contributed by atoms with Gasteiger partial charge < -0.3 is 9.69 Å². The Morgan fingerprint density at radius 1 is 1.39 bits per heavy atom. The van der Waals surface area contributed by atoms with Crippen LogP contribution in [0, 0.1) is 0 Å². The highest BCUT2D eigenvalue weighted by molar-refractivity contribution is 5.76. The van der Waals surface area contributed by atoms with E-state index >= 15 is 0 Å². The third-order valence-corrected chi connectivity index (χ3v) is 2.42. The number of hydrogen-bond donors (Lipinski definition) is 0. The topological polar surface area (TPSA) is 62.1 Å². The minimum Gasteiger partial charge on any atom is -0.345 e. The van der Waals surface area contributed by atoms with Crippen molar-refractivity contribution in [3.8, 4) is 0 Å². The van der Waals surface area contributed by atoms with Gasteiger partial charge in [-0.1, -0.05) is 5.57 Å². The molecule has 0 rings (SSSR count). The van der Waals surface area contributed by atoms with Crippen LogP contribution in [0.2, 0.25) is 0 Å². The van der Waals surface area contributed by atoms with Gasteiger partial charge in [-0.2, -0.15) is 0 Å². The monoisotopic (exact) mass is 251 g/mol. The van der Waals surface area contributed by atoms with Crippen molar-refractivity contribution in [1.29, 1.82) is 0 Å². The van der Waals surface area contributed by atoms with Crippen molar-refractivity contribution in [3.63, 3.8) is 0 Å². The molecule has 18 heavy (non-hydrogen) atoms. The van der Waals surface area contributed by atoms with Crippen LogP contribution >= 0.6 is 0 Å². The smallest absolute Gasteiger partial charge is 0.222 e. The minimum absolute atomic E-state index is 0.0703. The fourth-order valence-corrected chi connectivity index (χ4v) is 1.27. The summed E-state index contributed by atoms with van der Waals surface area (Å²) in [5.74, 6) is 0.0703. The summed E-state index contributed by atoms with van der Waals surface area (Å²) in [6.45, 7) is 5.89. The molecule has 0 radical (unpaired) electrons. The van der Waals surface area contributed by atoms with Crippen molar-refractivity contribution in [2.45, 2.75) is 32.6 Å². The summed E-state index contributed by atoms with van der Waals surface area (Å²) in [4.78, 5) is 30.9. The molecule has 0 heterocycles. The number of aliphatic imine (C=N–C) groups is 2. The summed E-state index contributed by atoms with van der Waals surface area (Å²) in [6.07, 6.45) is 6.18. The van der Waals surface area contributed by atoms with Crippen LogP contribution in [0.25, 0.3) is 0 Å². The van der Waals surface area contributed by atoms with E-state index in [1.807, 2.05) is 6.92 Å². The predicted molar refractivity (Wildman–Crippen MR) is 74.0 cm³/mol. The molecule has 0 aromatic rings. The molecule has 0 saturated heterocycles. The molecular formula is C13H21N3O2. The van der Waals surface area contributed by atoms with Crippen molar-refractivity contribution < 1.29 is 9.59 Å². The Bertz CT molecular complexity index is 335. The van der Waals surface area contributed by atoms with Gasteiger partial charge in [0.2, 0.25) is 5.91 Å². The second kappa shape index (κ2) is 10.4. The van der Waals surface area contributed by atoms with Crippen molar-refractivity contribution >= 4 is 25.2 Å². The van der Waals surface area contributed by atoms with Crippen LogP contribution in [0.5, 0.6) is 0 Å². The molecule has 0 saturated carbocycles. The standard InChI is InChI=1S/C13H21N3O2/c1-12(10-15-11-14-2)7-8-16(3)13(18)6-4-5-9-17/h9-11H,2,4-8H2,1,3H3. The van der Waals surface area contributed by atoms with E-state index in [1.54, 1.807) is 18.1 Å². The van der Waals surface area contributed by atoms with E-state index in [0.717, 1.165) is 18.3 Å². The van der Waals surface area contributed by atoms with Gasteiger partial charge in [0.25, 0.3) is 0 Å². The van der Waals surface area contributed by atoms with Crippen LogP contribution in [-0.2, 0) is 9.59 Å². The number of amides is 1. The molecule has 5 nitrogen and oxygen atoms in total. The average Bonchev–Trinajstić information content (AvgIpc) is 2.36. The van der Waals surface area contributed by atoms with E-state index in [2.05, 4.69) is 16.7 Å². The van der Waals surface area contributed by atoms with E-state index in [-0.39, 0.29) is 5.91 Å². The van der Waals surface area contributed by atoms with E-state index in [4.69, 9.17) is 0 Å². The second-order valence-electron chi connectivity index (χ2n) is 4.05. The highest BCUT2D eigenvalue weighted by Crippen LogP contribution is 2.04. The van der Waals surface area contributed by atoms with Crippen LogP contribution in [0.3, 0.4) is 0 Å². The molecule has 0 aliphatic heterocycles. The molecule has 0 N–H and O–H groups in total. The summed E-state index contributed by atoms with van der Waals surface area (Å²) in [6, 6.07) is 0. The molecule has 0 aromatic heterocycles. The highest BCUT2D eigenvalue weighted by atomic mass is 16.2. The van der Waals surface area contributed by atoms with Crippen LogP contribution in [0.4, 0.5) is 0 Å². The van der Waals surface area contributed by atoms with Gasteiger partial charge in [-0.25, -0.2) is 4.99 Å². The lowest BCUT2D eigenvalue weighted by atomic mass is 10.2. The molecule has 100 valence electrons. The maximum Gasteiger partial charge on any atom is 0.222 e. The van der Waals surface area contributed by atoms with Crippen molar-refractivity contribution in [1.82, 2.24) is 4.90 Å². The molecule has 0 aromatic carbocycles. The lowest BCUT2D eigenvalue weighted by molar-refractivity contribution is -0.130. The Morgan fingerprint density at radius 2 is 2.11 bits per heavy atom. The number of nitrogens with zero attached hydrogens (tertiary/aromatic N) is 3. The predicted octanol–water partition coefficient (Wildman–Crippen LogP) is 1.84. The first kappa shape index (κ1) is 16.2. The number of unbranched alkanes of at least 4 members (excludes halogenated alkanes) is 1. The quantitative estimate of drug-likeness (QED) is 0.272. The van der Waals surface area contributed by atoms with Gasteiger partial charge in [0.1, 0.15) is 12.6 Å². The molecule has 0 aliphatic rings. The minimum atomic E-state index is 0.0703. The van der Waals surface area contributed by atoms with Crippen LogP contribution in [0.15, 0.2) is 21.8 Å². The number of hydrogen-bond acceptors (Lipinski definition) is 3. The Kier molecular flexibility index (Phi) is 9.35. The SMILES string of the molecule is C=NC=NC=C(C)CCN(C)C(=O)CCCC=O. The lowest BCUT2D eigenvalue weighted by Crippen LogP contribution is -2.27. The molecular weight excluding hydrogens is 230 g/mol. The van der Waals surface area contributed by atoms with E-state index in [1.165, 1.54) is 6.34 Å². The fourth-order valence-electron chi connectivity index (χ4n) is 1.27. The third kappa shape index (κ3) is 8.38. The number of aldehydes is 1. The zero-order valence-electron chi connectivity index (χ0n) is 11.1. The molecule has 5 heteroatoms. The summed E-state index contributed by atoms with van der Waals surface area (Å²) in [5.41, 5.74) is 1.07. The molecule has 1 amide bonds. The lowest BCUT2D eigenvalue weighted by Gasteiger charge is -2.16. The van der Waals surface area contributed by atoms with Crippen molar-refractivity contribution in [2.75, 3.05) is 13.6 Å². The van der Waals surface area contributed by atoms with Gasteiger partial charge in [0, 0.05) is 32.6 Å². The van der Waals surface area contributed by atoms with E-state index in [0.29, 0.717) is 25.8 Å². The van der Waals surface area contributed by atoms with Gasteiger partial charge in [-0.05, 0) is 26.5 Å². The third-order valence-electron chi connectivity index (χ3n) is 2.42. The van der Waals surface area contributed by atoms with Crippen LogP contribution < -0.4 is 0 Å². The van der Waals surface area contributed by atoms with Crippen LogP contribution in [-0.4, -0.2) is 43.7 Å².